The lowest BCUT2D eigenvalue weighted by atomic mass is 10.1. The maximum atomic E-state index is 12.9. The number of hydrogen-bond donors (Lipinski definition) is 5. The van der Waals surface area contributed by atoms with Gasteiger partial charge in [-0.3, -0.25) is 20.7 Å². The molecule has 0 saturated heterocycles. The SMILES string of the molecule is C/C(=N\Nc1ccc(Br)cc1)c1ccc(OC(F)(F)F)cc1.CC(=O)c1ccc(OC(F)(F)F)cc1.Cn1nc(C(F)(F)F)cc1-c1ccc2[nH]c(-c3ccc(OC(F)(F)F)cc3)cc2c1.FC(F)(F)Oc1ccc(-c2cc3cc(Br)ccc3[nH]2)cc1.NNc1ccc(Br)cc1. The van der Waals surface area contributed by atoms with Crippen LogP contribution in [-0.2, 0) is 13.2 Å². The van der Waals surface area contributed by atoms with Gasteiger partial charge in [-0.05, 0) is 225 Å². The average molecular weight is 1550 g/mol. The predicted molar refractivity (Wildman–Crippen MR) is 344 cm³/mol. The number of aryl methyl sites for hydroxylation is 1. The maximum Gasteiger partial charge on any atom is 0.573 e. The molecule has 0 saturated carbocycles. The molecular formula is C65H48Br3F15N8O5. The number of aromatic amines is 2. The largest absolute Gasteiger partial charge is 0.573 e. The fourth-order valence-corrected chi connectivity index (χ4v) is 9.23. The molecule has 96 heavy (non-hydrogen) atoms. The first kappa shape index (κ1) is 73.9. The van der Waals surface area contributed by atoms with Gasteiger partial charge in [-0.1, -0.05) is 53.9 Å². The molecule has 0 spiro atoms. The molecule has 504 valence electrons. The summed E-state index contributed by atoms with van der Waals surface area (Å²) in [6, 6.07) is 52.1. The van der Waals surface area contributed by atoms with Crippen molar-refractivity contribution in [3.05, 3.63) is 230 Å². The van der Waals surface area contributed by atoms with Crippen LogP contribution in [-0.4, -0.2) is 56.7 Å². The molecule has 3 aromatic heterocycles. The van der Waals surface area contributed by atoms with E-state index in [0.29, 0.717) is 39.4 Å². The Kier molecular flexibility index (Phi) is 24.5. The van der Waals surface area contributed by atoms with Crippen LogP contribution in [0.2, 0.25) is 0 Å². The minimum atomic E-state index is -4.77. The number of Topliss-reactive ketones (excluding diaryl/α,β-unsaturated/α-hetero) is 1. The Bertz CT molecular complexity index is 4370. The van der Waals surface area contributed by atoms with Crippen LogP contribution in [0, 0.1) is 0 Å². The Hall–Kier alpha value is -9.46. The first-order valence-corrected chi connectivity index (χ1v) is 29.6. The van der Waals surface area contributed by atoms with Crippen molar-refractivity contribution in [2.24, 2.45) is 18.0 Å². The number of nitrogens with zero attached hydrogens (tertiary/aromatic N) is 3. The number of hydrazine groups is 1. The molecule has 13 nitrogen and oxygen atoms in total. The van der Waals surface area contributed by atoms with Gasteiger partial charge in [-0.2, -0.15) is 23.4 Å². The van der Waals surface area contributed by atoms with E-state index < -0.39 is 37.3 Å². The second kappa shape index (κ2) is 31.9. The number of nitrogens with one attached hydrogen (secondary N) is 4. The zero-order valence-corrected chi connectivity index (χ0v) is 54.1. The van der Waals surface area contributed by atoms with E-state index in [9.17, 15) is 70.7 Å². The first-order valence-electron chi connectivity index (χ1n) is 27.2. The summed E-state index contributed by atoms with van der Waals surface area (Å²) in [6.45, 7) is 3.09. The molecule has 6 N–H and O–H groups in total. The number of ketones is 1. The van der Waals surface area contributed by atoms with Crippen molar-refractivity contribution in [3.63, 3.8) is 0 Å². The van der Waals surface area contributed by atoms with Crippen molar-refractivity contribution in [1.29, 1.82) is 0 Å². The molecule has 0 aliphatic heterocycles. The van der Waals surface area contributed by atoms with Crippen LogP contribution in [0.3, 0.4) is 0 Å². The number of hydrogen-bond acceptors (Lipinski definition) is 10. The second-order valence-electron chi connectivity index (χ2n) is 19.7. The van der Waals surface area contributed by atoms with Gasteiger partial charge in [-0.25, -0.2) is 0 Å². The third-order valence-electron chi connectivity index (χ3n) is 12.7. The van der Waals surface area contributed by atoms with Gasteiger partial charge in [0.25, 0.3) is 0 Å². The van der Waals surface area contributed by atoms with Crippen LogP contribution >= 0.6 is 47.8 Å². The van der Waals surface area contributed by atoms with Crippen molar-refractivity contribution < 1.29 is 89.6 Å². The summed E-state index contributed by atoms with van der Waals surface area (Å²) in [7, 11) is 1.43. The van der Waals surface area contributed by atoms with Crippen molar-refractivity contribution >= 4 is 92.5 Å². The van der Waals surface area contributed by atoms with Crippen LogP contribution in [0.4, 0.5) is 77.2 Å². The van der Waals surface area contributed by atoms with Gasteiger partial charge in [0.15, 0.2) is 11.5 Å². The van der Waals surface area contributed by atoms with E-state index in [1.165, 1.54) is 86.8 Å². The topological polar surface area (TPSA) is 166 Å². The van der Waals surface area contributed by atoms with Crippen molar-refractivity contribution in [3.8, 4) is 56.8 Å². The summed E-state index contributed by atoms with van der Waals surface area (Å²) in [5, 5.41) is 9.46. The Morgan fingerprint density at radius 1 is 0.458 bits per heavy atom. The number of carbonyl (C=O) groups excluding carboxylic acids is 1. The number of fused-ring (bicyclic) bond motifs is 2. The number of rotatable bonds is 12. The highest BCUT2D eigenvalue weighted by Gasteiger charge is 2.36. The molecule has 0 unspecified atom stereocenters. The van der Waals surface area contributed by atoms with E-state index in [1.807, 2.05) is 72.8 Å². The standard InChI is InChI=1S/C20H13F6N3O.C15H12BrF3N2O.C15H9BrF3NO.C9H7F3O2.C6H7BrN2/c1-29-17(10-18(28-29)19(21,22)23)12-4-7-15-13(8-12)9-16(27-15)11-2-5-14(6-3-11)30-20(24,25)26;1-10(20-21-13-6-4-12(16)5-7-13)11-2-8-14(9-3-11)22-15(17,18)19;16-11-3-6-13-10(7-11)8-14(20-13)9-1-4-12(5-2-9)21-15(17,18)19;1-6(13)7-2-4-8(5-3-7)14-9(10,11)12;7-5-1-3-6(9-8)4-2-5/h2-10,27H,1H3;2-9,21H,1H3;1-8,20H;2-5H,1H3;1-4,9H,8H2/b;20-10+;;;. The lowest BCUT2D eigenvalue weighted by molar-refractivity contribution is -0.275. The van der Waals surface area contributed by atoms with E-state index >= 15 is 0 Å². The molecule has 11 aromatic rings. The number of carbonyl (C=O) groups is 1. The molecule has 0 aliphatic carbocycles. The van der Waals surface area contributed by atoms with Crippen LogP contribution < -0.4 is 35.6 Å². The quantitative estimate of drug-likeness (QED) is 0.0263. The van der Waals surface area contributed by atoms with Gasteiger partial charge in [0.2, 0.25) is 0 Å². The van der Waals surface area contributed by atoms with Gasteiger partial charge in [-0.15, -0.1) is 52.7 Å². The van der Waals surface area contributed by atoms with E-state index in [0.717, 1.165) is 80.7 Å². The Morgan fingerprint density at radius 2 is 0.823 bits per heavy atom. The lowest BCUT2D eigenvalue weighted by Crippen LogP contribution is -2.17. The molecule has 0 aliphatic rings. The third-order valence-corrected chi connectivity index (χ3v) is 14.2. The highest BCUT2D eigenvalue weighted by molar-refractivity contribution is 9.11. The molecule has 0 fully saturated rings. The van der Waals surface area contributed by atoms with Crippen molar-refractivity contribution in [2.45, 2.75) is 45.5 Å². The van der Waals surface area contributed by atoms with E-state index in [4.69, 9.17) is 5.84 Å². The van der Waals surface area contributed by atoms with Crippen LogP contribution in [0.15, 0.2) is 219 Å². The van der Waals surface area contributed by atoms with Crippen LogP contribution in [0.1, 0.15) is 35.5 Å². The number of nitrogens with two attached hydrogens (primary N) is 1. The highest BCUT2D eigenvalue weighted by Crippen LogP contribution is 2.36. The van der Waals surface area contributed by atoms with Crippen molar-refractivity contribution in [1.82, 2.24) is 19.7 Å². The van der Waals surface area contributed by atoms with Gasteiger partial charge >= 0.3 is 31.6 Å². The van der Waals surface area contributed by atoms with E-state index in [1.54, 1.807) is 43.3 Å². The van der Waals surface area contributed by atoms with Gasteiger partial charge in [0.05, 0.1) is 17.1 Å². The molecule has 11 rings (SSSR count). The number of alkyl halides is 15. The number of nitrogen functional groups attached to an aromatic ring is 1. The maximum absolute atomic E-state index is 12.9. The molecule has 3 heterocycles. The number of halogens is 18. The molecule has 0 atom stereocenters. The molecular weight excluding hydrogens is 1500 g/mol. The number of hydrazone groups is 1. The van der Waals surface area contributed by atoms with Gasteiger partial charge in [0.1, 0.15) is 23.0 Å². The van der Waals surface area contributed by atoms with E-state index in [-0.39, 0.29) is 28.8 Å². The molecule has 0 bridgehead atoms. The highest BCUT2D eigenvalue weighted by atomic mass is 79.9. The number of aromatic nitrogens is 4. The zero-order valence-electron chi connectivity index (χ0n) is 49.3. The van der Waals surface area contributed by atoms with E-state index in [2.05, 4.69) is 97.8 Å². The smallest absolute Gasteiger partial charge is 0.406 e. The fraction of sp³-hybridized carbons (Fsp3) is 0.123. The minimum absolute atomic E-state index is 0.205. The summed E-state index contributed by atoms with van der Waals surface area (Å²) in [4.78, 5) is 17.1. The van der Waals surface area contributed by atoms with Gasteiger partial charge in [0, 0.05) is 70.5 Å². The molecule has 31 heteroatoms. The molecule has 8 aromatic carbocycles. The van der Waals surface area contributed by atoms with Crippen molar-refractivity contribution in [2.75, 3.05) is 10.9 Å². The minimum Gasteiger partial charge on any atom is -0.406 e. The summed E-state index contributed by atoms with van der Waals surface area (Å²) in [5.74, 6) is 3.78. The third kappa shape index (κ3) is 23.8. The molecule has 0 radical (unpaired) electrons. The second-order valence-corrected chi connectivity index (χ2v) is 22.5. The number of anilines is 2. The number of H-pyrrole nitrogens is 2. The fourth-order valence-electron chi connectivity index (χ4n) is 8.33. The summed E-state index contributed by atoms with van der Waals surface area (Å²) >= 11 is 10.0. The van der Waals surface area contributed by atoms with Crippen LogP contribution in [0.25, 0.3) is 55.6 Å². The van der Waals surface area contributed by atoms with Gasteiger partial charge < -0.3 is 34.3 Å². The normalized spacial score (nSPS) is 11.8. The Balaban J connectivity index is 0.000000177. The number of ether oxygens (including phenoxy) is 4. The number of benzene rings is 8. The predicted octanol–water partition coefficient (Wildman–Crippen LogP) is 21.4. The zero-order chi connectivity index (χ0) is 70.3. The Labute approximate surface area is 560 Å². The van der Waals surface area contributed by atoms with Crippen LogP contribution in [0.5, 0.6) is 23.0 Å². The average Bonchev–Trinajstić information content (AvgIpc) is 1.65. The monoisotopic (exact) mass is 1540 g/mol. The summed E-state index contributed by atoms with van der Waals surface area (Å²) in [6.07, 6.45) is -23.4. The first-order chi connectivity index (χ1) is 44.9. The lowest BCUT2D eigenvalue weighted by Gasteiger charge is -2.09. The molecule has 0 amide bonds. The Morgan fingerprint density at radius 3 is 1.21 bits per heavy atom. The summed E-state index contributed by atoms with van der Waals surface area (Å²) < 4.78 is 203. The summed E-state index contributed by atoms with van der Waals surface area (Å²) in [5.41, 5.74) is 13.3.